The molecule has 0 N–H and O–H groups in total. The van der Waals surface area contributed by atoms with E-state index >= 15 is 0 Å². The maximum absolute atomic E-state index is 13.1. The Bertz CT molecular complexity index is 397. The van der Waals surface area contributed by atoms with Crippen molar-refractivity contribution in [2.45, 2.75) is 25.3 Å². The molecule has 1 heterocycles. The van der Waals surface area contributed by atoms with Crippen molar-refractivity contribution >= 4 is 23.2 Å². The van der Waals surface area contributed by atoms with Gasteiger partial charge < -0.3 is 0 Å². The molecule has 0 aromatic heterocycles. The van der Waals surface area contributed by atoms with Crippen LogP contribution >= 0.6 is 23.2 Å². The lowest BCUT2D eigenvalue weighted by Crippen LogP contribution is -2.39. The van der Waals surface area contributed by atoms with Gasteiger partial charge in [-0.15, -0.1) is 11.6 Å². The Hall–Kier alpha value is -0.310. The quantitative estimate of drug-likeness (QED) is 0.740. The van der Waals surface area contributed by atoms with Gasteiger partial charge in [-0.3, -0.25) is 4.90 Å². The minimum Gasteiger partial charge on any atom is -0.299 e. The van der Waals surface area contributed by atoms with Gasteiger partial charge in [-0.25, -0.2) is 4.39 Å². The molecule has 2 unspecified atom stereocenters. The molecule has 17 heavy (non-hydrogen) atoms. The third-order valence-electron chi connectivity index (χ3n) is 3.29. The summed E-state index contributed by atoms with van der Waals surface area (Å²) in [6.45, 7) is 4.74. The minimum atomic E-state index is -0.232. The number of likely N-dealkylation sites (tertiary alicyclic amines) is 1. The zero-order valence-electron chi connectivity index (χ0n) is 9.80. The van der Waals surface area contributed by atoms with Gasteiger partial charge in [0, 0.05) is 23.5 Å². The van der Waals surface area contributed by atoms with Gasteiger partial charge in [0.15, 0.2) is 0 Å². The number of benzene rings is 1. The molecule has 0 saturated carbocycles. The first-order valence-corrected chi connectivity index (χ1v) is 6.68. The lowest BCUT2D eigenvalue weighted by Gasteiger charge is -2.34. The minimum absolute atomic E-state index is 0.232. The molecule has 1 saturated heterocycles. The molecule has 0 bridgehead atoms. The lowest BCUT2D eigenvalue weighted by atomic mass is 9.99. The summed E-state index contributed by atoms with van der Waals surface area (Å²) >= 11 is 12.2. The molecule has 2 atom stereocenters. The first-order valence-electron chi connectivity index (χ1n) is 5.86. The Labute approximate surface area is 112 Å². The van der Waals surface area contributed by atoms with Gasteiger partial charge >= 0.3 is 0 Å². The smallest absolute Gasteiger partial charge is 0.123 e. The van der Waals surface area contributed by atoms with Crippen molar-refractivity contribution in [3.8, 4) is 0 Å². The van der Waals surface area contributed by atoms with E-state index in [9.17, 15) is 4.39 Å². The van der Waals surface area contributed by atoms with E-state index in [2.05, 4.69) is 11.8 Å². The number of halogens is 3. The van der Waals surface area contributed by atoms with E-state index in [0.717, 1.165) is 25.1 Å². The molecule has 4 heteroatoms. The summed E-state index contributed by atoms with van der Waals surface area (Å²) in [6.07, 6.45) is 0.982. The Morgan fingerprint density at radius 3 is 2.94 bits per heavy atom. The number of hydrogen-bond acceptors (Lipinski definition) is 1. The molecule has 0 aliphatic carbocycles. The highest BCUT2D eigenvalue weighted by Gasteiger charge is 2.24. The van der Waals surface area contributed by atoms with Crippen LogP contribution in [0.25, 0.3) is 0 Å². The third-order valence-corrected chi connectivity index (χ3v) is 4.30. The molecule has 0 radical (unpaired) electrons. The predicted octanol–water partition coefficient (Wildman–Crippen LogP) is 3.93. The summed E-state index contributed by atoms with van der Waals surface area (Å²) in [6, 6.07) is 4.52. The molecule has 1 aromatic carbocycles. The van der Waals surface area contributed by atoms with Crippen LogP contribution in [0.4, 0.5) is 4.39 Å². The molecule has 94 valence electrons. The van der Waals surface area contributed by atoms with E-state index in [1.54, 1.807) is 6.07 Å². The predicted molar refractivity (Wildman–Crippen MR) is 70.1 cm³/mol. The molecule has 1 nitrogen and oxygen atoms in total. The van der Waals surface area contributed by atoms with Crippen molar-refractivity contribution in [1.82, 2.24) is 4.90 Å². The van der Waals surface area contributed by atoms with Crippen LogP contribution in [0.3, 0.4) is 0 Å². The van der Waals surface area contributed by atoms with Gasteiger partial charge in [0.2, 0.25) is 0 Å². The number of alkyl halides is 1. The van der Waals surface area contributed by atoms with E-state index in [4.69, 9.17) is 23.2 Å². The van der Waals surface area contributed by atoms with E-state index in [1.807, 2.05) is 0 Å². The van der Waals surface area contributed by atoms with Crippen molar-refractivity contribution in [2.24, 2.45) is 5.92 Å². The second-order valence-corrected chi connectivity index (χ2v) is 5.72. The highest BCUT2D eigenvalue weighted by atomic mass is 35.5. The number of rotatable bonds is 2. The molecule has 0 spiro atoms. The van der Waals surface area contributed by atoms with Crippen molar-refractivity contribution < 1.29 is 4.39 Å². The van der Waals surface area contributed by atoms with Crippen LogP contribution < -0.4 is 0 Å². The average molecular weight is 276 g/mol. The lowest BCUT2D eigenvalue weighted by molar-refractivity contribution is 0.180. The van der Waals surface area contributed by atoms with E-state index in [0.29, 0.717) is 17.5 Å². The molecule has 1 aliphatic rings. The fourth-order valence-corrected chi connectivity index (χ4v) is 2.61. The molecule has 1 aliphatic heterocycles. The standard InChI is InChI=1S/C13H16Cl2FN/c1-9-7-17(5-4-12(9)14)8-10-6-11(16)2-3-13(10)15/h2-3,6,9,12H,4-5,7-8H2,1H3. The van der Waals surface area contributed by atoms with Gasteiger partial charge in [-0.2, -0.15) is 0 Å². The zero-order chi connectivity index (χ0) is 12.4. The maximum Gasteiger partial charge on any atom is 0.123 e. The molecular weight excluding hydrogens is 260 g/mol. The molecule has 1 aromatic rings. The Morgan fingerprint density at radius 2 is 2.24 bits per heavy atom. The first kappa shape index (κ1) is 13.1. The topological polar surface area (TPSA) is 3.24 Å². The molecular formula is C13H16Cl2FN. The zero-order valence-corrected chi connectivity index (χ0v) is 11.3. The summed E-state index contributed by atoms with van der Waals surface area (Å²) in [5, 5.41) is 0.890. The van der Waals surface area contributed by atoms with Crippen LogP contribution in [0, 0.1) is 11.7 Å². The summed E-state index contributed by atoms with van der Waals surface area (Å²) in [5.74, 6) is 0.238. The summed E-state index contributed by atoms with van der Waals surface area (Å²) in [5.41, 5.74) is 0.854. The van der Waals surface area contributed by atoms with Crippen LogP contribution in [-0.4, -0.2) is 23.4 Å². The maximum atomic E-state index is 13.1. The highest BCUT2D eigenvalue weighted by molar-refractivity contribution is 6.31. The second kappa shape index (κ2) is 5.55. The van der Waals surface area contributed by atoms with Crippen LogP contribution in [0.5, 0.6) is 0 Å². The fourth-order valence-electron chi connectivity index (χ4n) is 2.25. The van der Waals surface area contributed by atoms with E-state index in [-0.39, 0.29) is 11.2 Å². The molecule has 0 amide bonds. The van der Waals surface area contributed by atoms with Gasteiger partial charge in [-0.1, -0.05) is 18.5 Å². The van der Waals surface area contributed by atoms with Gasteiger partial charge in [0.1, 0.15) is 5.82 Å². The monoisotopic (exact) mass is 275 g/mol. The Balaban J connectivity index is 2.03. The van der Waals surface area contributed by atoms with Crippen LogP contribution in [0.2, 0.25) is 5.02 Å². The normalized spacial score (nSPS) is 26.1. The Morgan fingerprint density at radius 1 is 1.47 bits per heavy atom. The van der Waals surface area contributed by atoms with Crippen molar-refractivity contribution in [2.75, 3.05) is 13.1 Å². The number of hydrogen-bond donors (Lipinski definition) is 0. The summed E-state index contributed by atoms with van der Waals surface area (Å²) in [7, 11) is 0. The third kappa shape index (κ3) is 3.34. The van der Waals surface area contributed by atoms with E-state index < -0.39 is 0 Å². The van der Waals surface area contributed by atoms with Gasteiger partial charge in [0.25, 0.3) is 0 Å². The second-order valence-electron chi connectivity index (χ2n) is 4.75. The number of nitrogens with zero attached hydrogens (tertiary/aromatic N) is 1. The van der Waals surface area contributed by atoms with Gasteiger partial charge in [-0.05, 0) is 42.6 Å². The number of piperidine rings is 1. The summed E-state index contributed by atoms with van der Waals surface area (Å²) in [4.78, 5) is 2.28. The van der Waals surface area contributed by atoms with E-state index in [1.165, 1.54) is 12.1 Å². The SMILES string of the molecule is CC1CN(Cc2cc(F)ccc2Cl)CCC1Cl. The van der Waals surface area contributed by atoms with Crippen LogP contribution in [-0.2, 0) is 6.54 Å². The average Bonchev–Trinajstić information content (AvgIpc) is 2.29. The van der Waals surface area contributed by atoms with Crippen molar-refractivity contribution in [3.63, 3.8) is 0 Å². The first-order chi connectivity index (χ1) is 8.06. The molecule has 2 rings (SSSR count). The fraction of sp³-hybridized carbons (Fsp3) is 0.538. The van der Waals surface area contributed by atoms with Crippen LogP contribution in [0.1, 0.15) is 18.9 Å². The van der Waals surface area contributed by atoms with Crippen molar-refractivity contribution in [1.29, 1.82) is 0 Å². The summed E-state index contributed by atoms with van der Waals surface area (Å²) < 4.78 is 13.1. The van der Waals surface area contributed by atoms with Crippen molar-refractivity contribution in [3.05, 3.63) is 34.6 Å². The van der Waals surface area contributed by atoms with Crippen LogP contribution in [0.15, 0.2) is 18.2 Å². The largest absolute Gasteiger partial charge is 0.299 e. The highest BCUT2D eigenvalue weighted by Crippen LogP contribution is 2.25. The molecule has 1 fully saturated rings. The van der Waals surface area contributed by atoms with Gasteiger partial charge in [0.05, 0.1) is 0 Å². The Kier molecular flexibility index (Phi) is 4.29.